The third kappa shape index (κ3) is 3.23. The molecular formula is C14H15BrN2O2. The van der Waals surface area contributed by atoms with Crippen molar-refractivity contribution in [2.24, 2.45) is 0 Å². The summed E-state index contributed by atoms with van der Waals surface area (Å²) in [5.74, 6) is -0.0683. The Balaban J connectivity index is 2.22. The van der Waals surface area contributed by atoms with Gasteiger partial charge in [0.05, 0.1) is 24.1 Å². The fourth-order valence-corrected chi connectivity index (χ4v) is 2.17. The molecule has 0 spiro atoms. The normalized spacial score (nSPS) is 10.7. The molecule has 0 fully saturated rings. The summed E-state index contributed by atoms with van der Waals surface area (Å²) in [6, 6.07) is 7.43. The average Bonchev–Trinajstić information content (AvgIpc) is 2.82. The quantitative estimate of drug-likeness (QED) is 0.865. The molecule has 100 valence electrons. The van der Waals surface area contributed by atoms with Crippen LogP contribution >= 0.6 is 15.9 Å². The minimum Gasteiger partial charge on any atom is -0.457 e. The molecule has 0 aliphatic carbocycles. The molecule has 1 amide bonds. The molecule has 2 rings (SSSR count). The highest BCUT2D eigenvalue weighted by atomic mass is 79.9. The minimum absolute atomic E-state index is 0.0683. The molecule has 0 aliphatic heterocycles. The van der Waals surface area contributed by atoms with Crippen molar-refractivity contribution in [2.45, 2.75) is 26.4 Å². The average molecular weight is 323 g/mol. The van der Waals surface area contributed by atoms with Gasteiger partial charge in [-0.1, -0.05) is 6.07 Å². The van der Waals surface area contributed by atoms with E-state index >= 15 is 0 Å². The van der Waals surface area contributed by atoms with Gasteiger partial charge in [0.15, 0.2) is 4.67 Å². The van der Waals surface area contributed by atoms with Crippen LogP contribution in [0.3, 0.4) is 0 Å². The van der Waals surface area contributed by atoms with E-state index in [0.29, 0.717) is 16.8 Å². The number of hydrogen-bond donors (Lipinski definition) is 0. The van der Waals surface area contributed by atoms with Crippen molar-refractivity contribution < 1.29 is 9.21 Å². The van der Waals surface area contributed by atoms with Gasteiger partial charge < -0.3 is 9.32 Å². The van der Waals surface area contributed by atoms with Gasteiger partial charge in [-0.2, -0.15) is 0 Å². The summed E-state index contributed by atoms with van der Waals surface area (Å²) in [4.78, 5) is 18.5. The lowest BCUT2D eigenvalue weighted by molar-refractivity contribution is 0.0685. The number of furan rings is 1. The van der Waals surface area contributed by atoms with Gasteiger partial charge >= 0.3 is 0 Å². The van der Waals surface area contributed by atoms with Crippen LogP contribution in [-0.4, -0.2) is 21.8 Å². The Morgan fingerprint density at radius 3 is 2.74 bits per heavy atom. The van der Waals surface area contributed by atoms with Crippen molar-refractivity contribution in [3.63, 3.8) is 0 Å². The van der Waals surface area contributed by atoms with E-state index < -0.39 is 0 Å². The van der Waals surface area contributed by atoms with Crippen LogP contribution in [0.25, 0.3) is 0 Å². The van der Waals surface area contributed by atoms with E-state index in [1.165, 1.54) is 6.26 Å². The first-order valence-electron chi connectivity index (χ1n) is 6.03. The molecule has 0 radical (unpaired) electrons. The molecule has 0 aromatic carbocycles. The van der Waals surface area contributed by atoms with Crippen LogP contribution in [0.15, 0.2) is 45.8 Å². The van der Waals surface area contributed by atoms with Crippen LogP contribution < -0.4 is 0 Å². The van der Waals surface area contributed by atoms with Crippen molar-refractivity contribution in [1.82, 2.24) is 9.88 Å². The number of pyridine rings is 1. The molecule has 2 aromatic heterocycles. The Morgan fingerprint density at radius 2 is 2.21 bits per heavy atom. The van der Waals surface area contributed by atoms with Crippen LogP contribution in [-0.2, 0) is 6.54 Å². The predicted octanol–water partition coefficient (Wildman–Crippen LogP) is 3.49. The summed E-state index contributed by atoms with van der Waals surface area (Å²) in [6.07, 6.45) is 3.22. The van der Waals surface area contributed by atoms with Gasteiger partial charge in [-0.15, -0.1) is 0 Å². The Labute approximate surface area is 120 Å². The maximum absolute atomic E-state index is 12.5. The summed E-state index contributed by atoms with van der Waals surface area (Å²) in [7, 11) is 0. The van der Waals surface area contributed by atoms with Crippen molar-refractivity contribution in [1.29, 1.82) is 0 Å². The second-order valence-corrected chi connectivity index (χ2v) is 5.18. The Bertz CT molecular complexity index is 552. The maximum Gasteiger partial charge on any atom is 0.258 e. The van der Waals surface area contributed by atoms with Crippen molar-refractivity contribution in [3.05, 3.63) is 52.7 Å². The van der Waals surface area contributed by atoms with Gasteiger partial charge in [-0.25, -0.2) is 0 Å². The molecule has 19 heavy (non-hydrogen) atoms. The van der Waals surface area contributed by atoms with Crippen LogP contribution in [0, 0.1) is 0 Å². The van der Waals surface area contributed by atoms with Gasteiger partial charge in [0, 0.05) is 12.2 Å². The first-order valence-corrected chi connectivity index (χ1v) is 6.82. The number of hydrogen-bond acceptors (Lipinski definition) is 3. The lowest BCUT2D eigenvalue weighted by atomic mass is 10.2. The van der Waals surface area contributed by atoms with E-state index in [4.69, 9.17) is 4.42 Å². The monoisotopic (exact) mass is 322 g/mol. The molecule has 5 heteroatoms. The Kier molecular flexibility index (Phi) is 4.37. The van der Waals surface area contributed by atoms with E-state index in [1.54, 1.807) is 17.2 Å². The SMILES string of the molecule is CC(C)N(Cc1ccccn1)C(=O)c1ccoc1Br. The molecular weight excluding hydrogens is 308 g/mol. The molecule has 4 nitrogen and oxygen atoms in total. The van der Waals surface area contributed by atoms with Gasteiger partial charge in [0.25, 0.3) is 5.91 Å². The third-order valence-corrected chi connectivity index (χ3v) is 3.41. The van der Waals surface area contributed by atoms with Crippen LogP contribution in [0.1, 0.15) is 29.9 Å². The molecule has 0 saturated carbocycles. The zero-order chi connectivity index (χ0) is 13.8. The molecule has 2 aromatic rings. The highest BCUT2D eigenvalue weighted by molar-refractivity contribution is 9.10. The molecule has 0 bridgehead atoms. The number of nitrogens with zero attached hydrogens (tertiary/aromatic N) is 2. The molecule has 2 heterocycles. The fourth-order valence-electron chi connectivity index (χ4n) is 1.76. The molecule has 0 aliphatic rings. The molecule has 0 atom stereocenters. The lowest BCUT2D eigenvalue weighted by Gasteiger charge is -2.26. The summed E-state index contributed by atoms with van der Waals surface area (Å²) >= 11 is 3.24. The zero-order valence-corrected chi connectivity index (χ0v) is 12.4. The van der Waals surface area contributed by atoms with Gasteiger partial charge in [-0.05, 0) is 48.0 Å². The van der Waals surface area contributed by atoms with E-state index in [1.807, 2.05) is 32.0 Å². The number of halogens is 1. The van der Waals surface area contributed by atoms with Crippen molar-refractivity contribution in [2.75, 3.05) is 0 Å². The lowest BCUT2D eigenvalue weighted by Crippen LogP contribution is -2.36. The minimum atomic E-state index is -0.0683. The second-order valence-electron chi connectivity index (χ2n) is 4.46. The first-order chi connectivity index (χ1) is 9.09. The van der Waals surface area contributed by atoms with Crippen molar-refractivity contribution >= 4 is 21.8 Å². The number of amides is 1. The van der Waals surface area contributed by atoms with Gasteiger partial charge in [-0.3, -0.25) is 9.78 Å². The molecule has 0 unspecified atom stereocenters. The van der Waals surface area contributed by atoms with E-state index in [-0.39, 0.29) is 11.9 Å². The standard InChI is InChI=1S/C14H15BrN2O2/c1-10(2)17(9-11-5-3-4-7-16-11)14(18)12-6-8-19-13(12)15/h3-8,10H,9H2,1-2H3. The van der Waals surface area contributed by atoms with Gasteiger partial charge in [0.2, 0.25) is 0 Å². The van der Waals surface area contributed by atoms with Crippen LogP contribution in [0.5, 0.6) is 0 Å². The zero-order valence-electron chi connectivity index (χ0n) is 10.8. The smallest absolute Gasteiger partial charge is 0.258 e. The maximum atomic E-state index is 12.5. The van der Waals surface area contributed by atoms with E-state index in [0.717, 1.165) is 5.69 Å². The Hall–Kier alpha value is -1.62. The van der Waals surface area contributed by atoms with E-state index in [9.17, 15) is 4.79 Å². The highest BCUT2D eigenvalue weighted by Gasteiger charge is 2.22. The molecule has 0 N–H and O–H groups in total. The summed E-state index contributed by atoms with van der Waals surface area (Å²) in [5.41, 5.74) is 1.40. The van der Waals surface area contributed by atoms with Gasteiger partial charge in [0.1, 0.15) is 0 Å². The summed E-state index contributed by atoms with van der Waals surface area (Å²) < 4.78 is 5.58. The second kappa shape index (κ2) is 6.02. The van der Waals surface area contributed by atoms with E-state index in [2.05, 4.69) is 20.9 Å². The van der Waals surface area contributed by atoms with Crippen LogP contribution in [0.4, 0.5) is 0 Å². The predicted molar refractivity (Wildman–Crippen MR) is 75.7 cm³/mol. The number of carbonyl (C=O) groups is 1. The number of carbonyl (C=O) groups excluding carboxylic acids is 1. The third-order valence-electron chi connectivity index (χ3n) is 2.79. The van der Waals surface area contributed by atoms with Crippen molar-refractivity contribution in [3.8, 4) is 0 Å². The number of rotatable bonds is 4. The highest BCUT2D eigenvalue weighted by Crippen LogP contribution is 2.21. The number of aromatic nitrogens is 1. The topological polar surface area (TPSA) is 46.3 Å². The fraction of sp³-hybridized carbons (Fsp3) is 0.286. The Morgan fingerprint density at radius 1 is 1.42 bits per heavy atom. The summed E-state index contributed by atoms with van der Waals surface area (Å²) in [6.45, 7) is 4.44. The van der Waals surface area contributed by atoms with Crippen LogP contribution in [0.2, 0.25) is 0 Å². The molecule has 0 saturated heterocycles. The summed E-state index contributed by atoms with van der Waals surface area (Å²) in [5, 5.41) is 0. The largest absolute Gasteiger partial charge is 0.457 e. The first kappa shape index (κ1) is 13.8.